The van der Waals surface area contributed by atoms with Crippen molar-refractivity contribution >= 4 is 15.8 Å². The second-order valence-electron chi connectivity index (χ2n) is 5.12. The number of hydrogen-bond donors (Lipinski definition) is 1. The number of rotatable bonds is 3. The predicted molar refractivity (Wildman–Crippen MR) is 61.1 cm³/mol. The Morgan fingerprint density at radius 2 is 2.06 bits per heavy atom. The van der Waals surface area contributed by atoms with Gasteiger partial charge in [-0.05, 0) is 20.8 Å². The van der Waals surface area contributed by atoms with Gasteiger partial charge in [0.1, 0.15) is 0 Å². The smallest absolute Gasteiger partial charge is 0.310 e. The van der Waals surface area contributed by atoms with Crippen LogP contribution in [0.2, 0.25) is 0 Å². The zero-order chi connectivity index (χ0) is 12.6. The molecule has 1 unspecified atom stereocenters. The molecule has 1 aliphatic heterocycles. The number of sulfone groups is 1. The lowest BCUT2D eigenvalue weighted by Gasteiger charge is -2.37. The van der Waals surface area contributed by atoms with E-state index in [1.165, 1.54) is 0 Å². The maximum Gasteiger partial charge on any atom is 0.310 e. The standard InChI is InChI=1S/C10H19NO4S/c1-8-6-16(14,15)5-4-11(8)7-10(2,3)9(12)13/h8H,4-7H2,1-3H3,(H,12,13). The molecule has 0 aromatic heterocycles. The summed E-state index contributed by atoms with van der Waals surface area (Å²) in [4.78, 5) is 12.9. The molecule has 1 N–H and O–H groups in total. The number of nitrogens with zero attached hydrogens (tertiary/aromatic N) is 1. The molecule has 1 rings (SSSR count). The average molecular weight is 249 g/mol. The lowest BCUT2D eigenvalue weighted by molar-refractivity contribution is -0.148. The van der Waals surface area contributed by atoms with Gasteiger partial charge in [-0.2, -0.15) is 0 Å². The van der Waals surface area contributed by atoms with Crippen LogP contribution in [0.4, 0.5) is 0 Å². The van der Waals surface area contributed by atoms with Gasteiger partial charge in [-0.1, -0.05) is 0 Å². The van der Waals surface area contributed by atoms with Gasteiger partial charge in [-0.3, -0.25) is 9.69 Å². The van der Waals surface area contributed by atoms with Gasteiger partial charge >= 0.3 is 5.97 Å². The van der Waals surface area contributed by atoms with Crippen LogP contribution in [0.15, 0.2) is 0 Å². The summed E-state index contributed by atoms with van der Waals surface area (Å²) in [6, 6.07) is -0.0997. The van der Waals surface area contributed by atoms with Crippen LogP contribution in [-0.2, 0) is 14.6 Å². The van der Waals surface area contributed by atoms with Crippen molar-refractivity contribution < 1.29 is 18.3 Å². The molecular formula is C10H19NO4S. The third kappa shape index (κ3) is 3.18. The monoisotopic (exact) mass is 249 g/mol. The summed E-state index contributed by atoms with van der Waals surface area (Å²) in [5, 5.41) is 9.02. The van der Waals surface area contributed by atoms with Crippen molar-refractivity contribution in [2.75, 3.05) is 24.6 Å². The fourth-order valence-corrected chi connectivity index (χ4v) is 3.47. The van der Waals surface area contributed by atoms with E-state index in [9.17, 15) is 13.2 Å². The quantitative estimate of drug-likeness (QED) is 0.774. The number of carbonyl (C=O) groups is 1. The summed E-state index contributed by atoms with van der Waals surface area (Å²) in [7, 11) is -2.93. The lowest BCUT2D eigenvalue weighted by atomic mass is 9.92. The molecule has 0 bridgehead atoms. The highest BCUT2D eigenvalue weighted by molar-refractivity contribution is 7.91. The van der Waals surface area contributed by atoms with Crippen LogP contribution in [-0.4, -0.2) is 55.0 Å². The van der Waals surface area contributed by atoms with Crippen LogP contribution in [0.1, 0.15) is 20.8 Å². The topological polar surface area (TPSA) is 74.7 Å². The maximum atomic E-state index is 11.4. The minimum Gasteiger partial charge on any atom is -0.481 e. The minimum atomic E-state index is -2.93. The van der Waals surface area contributed by atoms with Gasteiger partial charge in [0.25, 0.3) is 0 Å². The molecule has 0 spiro atoms. The van der Waals surface area contributed by atoms with E-state index in [2.05, 4.69) is 0 Å². The van der Waals surface area contributed by atoms with E-state index in [0.717, 1.165) is 0 Å². The zero-order valence-electron chi connectivity index (χ0n) is 9.93. The van der Waals surface area contributed by atoms with Crippen molar-refractivity contribution in [3.63, 3.8) is 0 Å². The Balaban J connectivity index is 2.68. The number of carboxylic acid groups (broad SMARTS) is 1. The fraction of sp³-hybridized carbons (Fsp3) is 0.900. The summed E-state index contributed by atoms with van der Waals surface area (Å²) in [5.41, 5.74) is -0.838. The van der Waals surface area contributed by atoms with E-state index < -0.39 is 21.2 Å². The fourth-order valence-electron chi connectivity index (χ4n) is 1.84. The lowest BCUT2D eigenvalue weighted by Crippen LogP contribution is -2.51. The second-order valence-corrected chi connectivity index (χ2v) is 7.35. The van der Waals surface area contributed by atoms with Crippen LogP contribution < -0.4 is 0 Å². The van der Waals surface area contributed by atoms with E-state index in [4.69, 9.17) is 5.11 Å². The minimum absolute atomic E-state index is 0.0997. The number of carboxylic acids is 1. The highest BCUT2D eigenvalue weighted by Gasteiger charge is 2.35. The Kier molecular flexibility index (Phi) is 3.64. The third-order valence-electron chi connectivity index (χ3n) is 2.99. The van der Waals surface area contributed by atoms with Crippen molar-refractivity contribution in [3.05, 3.63) is 0 Å². The molecule has 1 heterocycles. The van der Waals surface area contributed by atoms with Crippen LogP contribution in [0.3, 0.4) is 0 Å². The molecule has 6 heteroatoms. The molecule has 0 amide bonds. The molecule has 1 aliphatic rings. The molecule has 0 aromatic rings. The van der Waals surface area contributed by atoms with E-state index in [1.807, 2.05) is 11.8 Å². The van der Waals surface area contributed by atoms with Gasteiger partial charge in [-0.25, -0.2) is 8.42 Å². The van der Waals surface area contributed by atoms with Crippen LogP contribution in [0.5, 0.6) is 0 Å². The normalized spacial score (nSPS) is 26.6. The van der Waals surface area contributed by atoms with Crippen molar-refractivity contribution in [2.45, 2.75) is 26.8 Å². The maximum absolute atomic E-state index is 11.4. The summed E-state index contributed by atoms with van der Waals surface area (Å²) in [6.07, 6.45) is 0. The Morgan fingerprint density at radius 3 is 2.50 bits per heavy atom. The van der Waals surface area contributed by atoms with Gasteiger partial charge in [0.05, 0.1) is 16.9 Å². The first-order valence-electron chi connectivity index (χ1n) is 5.32. The van der Waals surface area contributed by atoms with E-state index in [-0.39, 0.29) is 17.5 Å². The first-order chi connectivity index (χ1) is 7.14. The molecular weight excluding hydrogens is 230 g/mol. The first kappa shape index (κ1) is 13.4. The predicted octanol–water partition coefficient (Wildman–Crippen LogP) is 0.216. The zero-order valence-corrected chi connectivity index (χ0v) is 10.7. The van der Waals surface area contributed by atoms with Crippen molar-refractivity contribution in [2.24, 2.45) is 5.41 Å². The average Bonchev–Trinajstić information content (AvgIpc) is 2.09. The van der Waals surface area contributed by atoms with Gasteiger partial charge in [0.15, 0.2) is 9.84 Å². The molecule has 0 aliphatic carbocycles. The van der Waals surface area contributed by atoms with Gasteiger partial charge in [0.2, 0.25) is 0 Å². The summed E-state index contributed by atoms with van der Waals surface area (Å²) < 4.78 is 22.7. The van der Waals surface area contributed by atoms with E-state index >= 15 is 0 Å². The van der Waals surface area contributed by atoms with Crippen molar-refractivity contribution in [1.82, 2.24) is 4.90 Å². The molecule has 94 valence electrons. The highest BCUT2D eigenvalue weighted by Crippen LogP contribution is 2.21. The number of aliphatic carboxylic acids is 1. The summed E-state index contributed by atoms with van der Waals surface area (Å²) in [5.74, 6) is -0.594. The van der Waals surface area contributed by atoms with Crippen LogP contribution in [0.25, 0.3) is 0 Å². The van der Waals surface area contributed by atoms with Crippen molar-refractivity contribution in [3.8, 4) is 0 Å². The molecule has 1 saturated heterocycles. The largest absolute Gasteiger partial charge is 0.481 e. The Labute approximate surface area is 96.4 Å². The second kappa shape index (κ2) is 4.33. The Hall–Kier alpha value is -0.620. The Bertz CT molecular complexity index is 374. The molecule has 0 saturated carbocycles. The van der Waals surface area contributed by atoms with Gasteiger partial charge < -0.3 is 5.11 Å². The molecule has 1 atom stereocenters. The van der Waals surface area contributed by atoms with Crippen molar-refractivity contribution in [1.29, 1.82) is 0 Å². The first-order valence-corrected chi connectivity index (χ1v) is 7.14. The molecule has 16 heavy (non-hydrogen) atoms. The van der Waals surface area contributed by atoms with Crippen LogP contribution in [0, 0.1) is 5.41 Å². The summed E-state index contributed by atoms with van der Waals surface area (Å²) >= 11 is 0. The molecule has 1 fully saturated rings. The van der Waals surface area contributed by atoms with Crippen LogP contribution >= 0.6 is 0 Å². The van der Waals surface area contributed by atoms with E-state index in [1.54, 1.807) is 13.8 Å². The Morgan fingerprint density at radius 1 is 1.50 bits per heavy atom. The highest BCUT2D eigenvalue weighted by atomic mass is 32.2. The third-order valence-corrected chi connectivity index (χ3v) is 4.78. The molecule has 0 aromatic carbocycles. The molecule has 0 radical (unpaired) electrons. The number of hydrogen-bond acceptors (Lipinski definition) is 4. The summed E-state index contributed by atoms with van der Waals surface area (Å²) in [6.45, 7) is 5.96. The SMILES string of the molecule is CC1CS(=O)(=O)CCN1CC(C)(C)C(=O)O. The van der Waals surface area contributed by atoms with Gasteiger partial charge in [0, 0.05) is 19.1 Å². The van der Waals surface area contributed by atoms with E-state index in [0.29, 0.717) is 13.1 Å². The molecule has 5 nitrogen and oxygen atoms in total. The van der Waals surface area contributed by atoms with Gasteiger partial charge in [-0.15, -0.1) is 0 Å².